The summed E-state index contributed by atoms with van der Waals surface area (Å²) in [6, 6.07) is 0. The van der Waals surface area contributed by atoms with Crippen molar-refractivity contribution in [2.24, 2.45) is 0 Å². The van der Waals surface area contributed by atoms with Gasteiger partial charge in [0.15, 0.2) is 0 Å². The van der Waals surface area contributed by atoms with Gasteiger partial charge in [-0.25, -0.2) is 0 Å². The van der Waals surface area contributed by atoms with E-state index in [1.807, 2.05) is 0 Å². The molecule has 0 aliphatic rings. The molecule has 0 radical (unpaired) electrons. The zero-order chi connectivity index (χ0) is 11.6. The predicted octanol–water partition coefficient (Wildman–Crippen LogP) is 1.90. The van der Waals surface area contributed by atoms with E-state index in [9.17, 15) is 9.59 Å². The summed E-state index contributed by atoms with van der Waals surface area (Å²) < 4.78 is 0. The van der Waals surface area contributed by atoms with Gasteiger partial charge >= 0.3 is 0 Å². The summed E-state index contributed by atoms with van der Waals surface area (Å²) >= 11 is 0. The Morgan fingerprint density at radius 3 is 1.14 bits per heavy atom. The highest BCUT2D eigenvalue weighted by molar-refractivity contribution is 5.96. The number of carbonyl (C=O) groups excluding carboxylic acids is 2. The molecular weight excluding hydrogens is 178 g/mol. The molecule has 0 rings (SSSR count). The molecule has 0 saturated carbocycles. The first kappa shape index (κ1) is 15.8. The zero-order valence-corrected chi connectivity index (χ0v) is 10.1. The number of hydrogen-bond donors (Lipinski definition) is 0. The molecular formula is C11H23NO2. The number of Topliss-reactive ketones (excluding diaryl/α,β-unsaturated/α-hetero) is 2. The molecule has 0 bridgehead atoms. The molecule has 0 aliphatic carbocycles. The zero-order valence-electron chi connectivity index (χ0n) is 10.1. The van der Waals surface area contributed by atoms with Crippen LogP contribution >= 0.6 is 0 Å². The van der Waals surface area contributed by atoms with Crippen molar-refractivity contribution in [2.75, 3.05) is 19.6 Å². The number of hydrogen-bond acceptors (Lipinski definition) is 3. The van der Waals surface area contributed by atoms with Gasteiger partial charge in [-0.3, -0.25) is 9.59 Å². The van der Waals surface area contributed by atoms with Crippen molar-refractivity contribution >= 4 is 11.6 Å². The molecule has 0 aliphatic heterocycles. The van der Waals surface area contributed by atoms with E-state index in [0.717, 1.165) is 0 Å². The lowest BCUT2D eigenvalue weighted by atomic mass is 10.2. The lowest BCUT2D eigenvalue weighted by Gasteiger charge is -2.13. The van der Waals surface area contributed by atoms with E-state index in [2.05, 4.69) is 25.7 Å². The predicted molar refractivity (Wildman–Crippen MR) is 59.4 cm³/mol. The molecule has 0 aromatic rings. The van der Waals surface area contributed by atoms with Gasteiger partial charge in [0.05, 0.1) is 6.42 Å². The first-order valence-corrected chi connectivity index (χ1v) is 5.19. The molecule has 0 spiro atoms. The first-order chi connectivity index (χ1) is 6.47. The summed E-state index contributed by atoms with van der Waals surface area (Å²) in [5, 5.41) is 0. The molecule has 84 valence electrons. The van der Waals surface area contributed by atoms with Crippen molar-refractivity contribution < 1.29 is 9.59 Å². The Bertz CT molecular complexity index is 145. The van der Waals surface area contributed by atoms with Gasteiger partial charge in [0.2, 0.25) is 0 Å². The summed E-state index contributed by atoms with van der Waals surface area (Å²) in [7, 11) is 0. The maximum absolute atomic E-state index is 10.0. The van der Waals surface area contributed by atoms with Crippen LogP contribution < -0.4 is 0 Å². The van der Waals surface area contributed by atoms with Crippen molar-refractivity contribution in [1.29, 1.82) is 0 Å². The minimum atomic E-state index is -0.0625. The maximum atomic E-state index is 10.0. The Kier molecular flexibility index (Phi) is 11.7. The van der Waals surface area contributed by atoms with Crippen LogP contribution in [0, 0.1) is 0 Å². The summed E-state index contributed by atoms with van der Waals surface area (Å²) in [6.45, 7) is 12.9. The lowest BCUT2D eigenvalue weighted by molar-refractivity contribution is -0.124. The highest BCUT2D eigenvalue weighted by Gasteiger charge is 1.94. The summed E-state index contributed by atoms with van der Waals surface area (Å²) in [5.41, 5.74) is 0. The molecule has 0 heterocycles. The van der Waals surface area contributed by atoms with E-state index < -0.39 is 0 Å². The van der Waals surface area contributed by atoms with Gasteiger partial charge < -0.3 is 4.90 Å². The molecule has 0 aromatic heterocycles. The Labute approximate surface area is 87.5 Å². The van der Waals surface area contributed by atoms with Gasteiger partial charge in [-0.2, -0.15) is 0 Å². The van der Waals surface area contributed by atoms with Crippen LogP contribution in [0.2, 0.25) is 0 Å². The largest absolute Gasteiger partial charge is 0.304 e. The highest BCUT2D eigenvalue weighted by atomic mass is 16.1. The third-order valence-corrected chi connectivity index (χ3v) is 1.84. The van der Waals surface area contributed by atoms with E-state index in [0.29, 0.717) is 0 Å². The average molecular weight is 201 g/mol. The van der Waals surface area contributed by atoms with E-state index in [4.69, 9.17) is 0 Å². The van der Waals surface area contributed by atoms with Crippen LogP contribution in [-0.2, 0) is 9.59 Å². The van der Waals surface area contributed by atoms with Crippen LogP contribution in [-0.4, -0.2) is 36.1 Å². The van der Waals surface area contributed by atoms with Gasteiger partial charge in [-0.1, -0.05) is 20.8 Å². The fourth-order valence-corrected chi connectivity index (χ4v) is 1.02. The molecule has 0 amide bonds. The van der Waals surface area contributed by atoms with Gasteiger partial charge in [-0.15, -0.1) is 0 Å². The number of carbonyl (C=O) groups is 2. The summed E-state index contributed by atoms with van der Waals surface area (Å²) in [5.74, 6) is -0.125. The van der Waals surface area contributed by atoms with E-state index in [-0.39, 0.29) is 18.0 Å². The van der Waals surface area contributed by atoms with Crippen molar-refractivity contribution in [3.8, 4) is 0 Å². The monoisotopic (exact) mass is 201 g/mol. The SMILES string of the molecule is CC(=O)CC(C)=O.CCN(CC)CC. The van der Waals surface area contributed by atoms with Gasteiger partial charge in [0.1, 0.15) is 11.6 Å². The van der Waals surface area contributed by atoms with E-state index >= 15 is 0 Å². The fraction of sp³-hybridized carbons (Fsp3) is 0.818. The molecule has 0 fully saturated rings. The standard InChI is InChI=1S/C6H15N.C5H8O2/c1-4-7(5-2)6-3;1-4(6)3-5(2)7/h4-6H2,1-3H3;3H2,1-2H3. The topological polar surface area (TPSA) is 37.4 Å². The van der Waals surface area contributed by atoms with Crippen LogP contribution in [0.3, 0.4) is 0 Å². The van der Waals surface area contributed by atoms with Crippen molar-refractivity contribution in [3.63, 3.8) is 0 Å². The second kappa shape index (κ2) is 10.4. The second-order valence-electron chi connectivity index (χ2n) is 3.20. The van der Waals surface area contributed by atoms with Gasteiger partial charge in [0, 0.05) is 0 Å². The third kappa shape index (κ3) is 13.9. The third-order valence-electron chi connectivity index (χ3n) is 1.84. The quantitative estimate of drug-likeness (QED) is 0.638. The van der Waals surface area contributed by atoms with Gasteiger partial charge in [-0.05, 0) is 33.5 Å². The molecule has 3 heteroatoms. The Morgan fingerprint density at radius 1 is 0.857 bits per heavy atom. The molecule has 3 nitrogen and oxygen atoms in total. The van der Waals surface area contributed by atoms with Gasteiger partial charge in [0.25, 0.3) is 0 Å². The van der Waals surface area contributed by atoms with Crippen LogP contribution in [0.1, 0.15) is 41.0 Å². The number of nitrogens with zero attached hydrogens (tertiary/aromatic N) is 1. The molecule has 0 atom stereocenters. The van der Waals surface area contributed by atoms with Crippen molar-refractivity contribution in [1.82, 2.24) is 4.90 Å². The van der Waals surface area contributed by atoms with E-state index in [1.165, 1.54) is 33.5 Å². The minimum Gasteiger partial charge on any atom is -0.304 e. The second-order valence-corrected chi connectivity index (χ2v) is 3.20. The molecule has 0 aromatic carbocycles. The molecule has 0 saturated heterocycles. The maximum Gasteiger partial charge on any atom is 0.137 e. The highest BCUT2D eigenvalue weighted by Crippen LogP contribution is 1.81. The van der Waals surface area contributed by atoms with Crippen LogP contribution in [0.4, 0.5) is 0 Å². The molecule has 0 N–H and O–H groups in total. The Morgan fingerprint density at radius 2 is 1.14 bits per heavy atom. The fourth-order valence-electron chi connectivity index (χ4n) is 1.02. The summed E-state index contributed by atoms with van der Waals surface area (Å²) in [4.78, 5) is 22.4. The minimum absolute atomic E-state index is 0.0625. The van der Waals surface area contributed by atoms with Crippen LogP contribution in [0.5, 0.6) is 0 Å². The van der Waals surface area contributed by atoms with E-state index in [1.54, 1.807) is 0 Å². The molecule has 0 unspecified atom stereocenters. The summed E-state index contributed by atoms with van der Waals surface area (Å²) in [6.07, 6.45) is 0.0833. The van der Waals surface area contributed by atoms with Crippen LogP contribution in [0.15, 0.2) is 0 Å². The smallest absolute Gasteiger partial charge is 0.137 e. The number of ketones is 2. The Balaban J connectivity index is 0. The van der Waals surface area contributed by atoms with Crippen molar-refractivity contribution in [3.05, 3.63) is 0 Å². The average Bonchev–Trinajstić information content (AvgIpc) is 2.06. The Hall–Kier alpha value is -0.700. The lowest BCUT2D eigenvalue weighted by Crippen LogP contribution is -2.21. The number of rotatable bonds is 5. The normalized spacial score (nSPS) is 9.29. The van der Waals surface area contributed by atoms with Crippen LogP contribution in [0.25, 0.3) is 0 Å². The molecule has 14 heavy (non-hydrogen) atoms. The first-order valence-electron chi connectivity index (χ1n) is 5.19. The van der Waals surface area contributed by atoms with Crippen molar-refractivity contribution in [2.45, 2.75) is 41.0 Å².